The van der Waals surface area contributed by atoms with E-state index in [1.807, 2.05) is 27.7 Å². The molecule has 10 heteroatoms. The number of carbonyl (C=O) groups is 2. The third kappa shape index (κ3) is 16.5. The number of hydrogen-bond donors (Lipinski definition) is 0. The number of unbranched alkanes of at least 4 members (excludes halogenated alkanes) is 1. The second-order valence-electron chi connectivity index (χ2n) is 10.7. The molecule has 0 aromatic rings. The van der Waals surface area contributed by atoms with Crippen LogP contribution in [0.5, 0.6) is 0 Å². The number of thiocarbonyl (C=S) groups is 2. The van der Waals surface area contributed by atoms with Gasteiger partial charge < -0.3 is 18.9 Å². The van der Waals surface area contributed by atoms with Gasteiger partial charge in [-0.25, -0.2) is 0 Å². The Kier molecular flexibility index (Phi) is 20.0. The summed E-state index contributed by atoms with van der Waals surface area (Å²) in [4.78, 5) is 24.1. The van der Waals surface area contributed by atoms with Crippen LogP contribution < -0.4 is 0 Å². The molecule has 0 saturated heterocycles. The predicted molar refractivity (Wildman–Crippen MR) is 169 cm³/mol. The highest BCUT2D eigenvalue weighted by Gasteiger charge is 2.25. The molecule has 0 heterocycles. The Hall–Kier alpha value is -0.580. The molecule has 0 rings (SSSR count). The zero-order valence-electron chi connectivity index (χ0n) is 24.9. The highest BCUT2D eigenvalue weighted by Crippen LogP contribution is 2.31. The first-order chi connectivity index (χ1) is 17.7. The van der Waals surface area contributed by atoms with E-state index in [1.165, 1.54) is 37.7 Å². The Labute approximate surface area is 250 Å². The molecule has 0 saturated carbocycles. The van der Waals surface area contributed by atoms with Gasteiger partial charge in [-0.15, -0.1) is 0 Å². The Morgan fingerprint density at radius 3 is 1.21 bits per heavy atom. The summed E-state index contributed by atoms with van der Waals surface area (Å²) in [5, 5.41) is 0.291. The zero-order chi connectivity index (χ0) is 29.4. The van der Waals surface area contributed by atoms with Crippen molar-refractivity contribution in [3.8, 4) is 0 Å². The van der Waals surface area contributed by atoms with Gasteiger partial charge in [0.25, 0.3) is 0 Å². The molecule has 0 aliphatic heterocycles. The summed E-state index contributed by atoms with van der Waals surface area (Å²) < 4.78 is 22.8. The second kappa shape index (κ2) is 20.3. The topological polar surface area (TPSA) is 71.1 Å². The average Bonchev–Trinajstić information content (AvgIpc) is 2.84. The van der Waals surface area contributed by atoms with Crippen LogP contribution in [0.15, 0.2) is 0 Å². The largest absolute Gasteiger partial charge is 0.475 e. The fraction of sp³-hybridized carbons (Fsp3) is 0.857. The number of ether oxygens (including phenoxy) is 4. The number of rotatable bonds is 17. The van der Waals surface area contributed by atoms with Crippen molar-refractivity contribution in [3.05, 3.63) is 0 Å². The standard InChI is InChI=1S/C28H50O6S4/c1-17(2)21(7)33-27(35)37-23(15-19(5)25(29)31-9)13-11-12-14-24(16-20(6)26(30)32-10)38-28(36)34-22(8)18(3)4/h17-24H,11-16H2,1-10H3. The minimum Gasteiger partial charge on any atom is -0.475 e. The average molecular weight is 611 g/mol. The van der Waals surface area contributed by atoms with Gasteiger partial charge in [0.1, 0.15) is 0 Å². The van der Waals surface area contributed by atoms with E-state index in [4.69, 9.17) is 43.4 Å². The summed E-state index contributed by atoms with van der Waals surface area (Å²) in [7, 11) is 2.84. The third-order valence-electron chi connectivity index (χ3n) is 6.71. The number of methoxy groups -OCH3 is 2. The lowest BCUT2D eigenvalue weighted by Gasteiger charge is -2.24. The molecular weight excluding hydrogens is 561 g/mol. The molecule has 38 heavy (non-hydrogen) atoms. The van der Waals surface area contributed by atoms with Gasteiger partial charge in [0.15, 0.2) is 0 Å². The Morgan fingerprint density at radius 1 is 0.632 bits per heavy atom. The molecule has 0 fully saturated rings. The minimum atomic E-state index is -0.218. The third-order valence-corrected chi connectivity index (χ3v) is 9.58. The molecule has 222 valence electrons. The molecule has 0 aliphatic rings. The van der Waals surface area contributed by atoms with Gasteiger partial charge >= 0.3 is 11.9 Å². The fourth-order valence-corrected chi connectivity index (χ4v) is 6.90. The Morgan fingerprint density at radius 2 is 0.947 bits per heavy atom. The van der Waals surface area contributed by atoms with Crippen molar-refractivity contribution in [2.45, 2.75) is 117 Å². The van der Waals surface area contributed by atoms with E-state index in [0.29, 0.717) is 33.4 Å². The molecule has 6 unspecified atom stereocenters. The van der Waals surface area contributed by atoms with Crippen LogP contribution >= 0.6 is 48.0 Å². The Bertz CT molecular complexity index is 670. The van der Waals surface area contributed by atoms with Gasteiger partial charge in [0.05, 0.1) is 38.3 Å². The van der Waals surface area contributed by atoms with E-state index in [9.17, 15) is 9.59 Å². The molecule has 0 N–H and O–H groups in total. The van der Waals surface area contributed by atoms with E-state index < -0.39 is 0 Å². The first kappa shape index (κ1) is 37.4. The summed E-state index contributed by atoms with van der Waals surface area (Å²) in [6, 6.07) is 0. The van der Waals surface area contributed by atoms with Crippen LogP contribution in [-0.4, -0.2) is 57.6 Å². The molecule has 0 radical (unpaired) electrons. The predicted octanol–water partition coefficient (Wildman–Crippen LogP) is 7.84. The molecular formula is C28H50O6S4. The van der Waals surface area contributed by atoms with Gasteiger partial charge in [0.2, 0.25) is 8.77 Å². The van der Waals surface area contributed by atoms with Gasteiger partial charge in [-0.2, -0.15) is 0 Å². The number of thioether (sulfide) groups is 2. The molecule has 0 aromatic carbocycles. The molecule has 0 amide bonds. The maximum Gasteiger partial charge on any atom is 0.308 e. The van der Waals surface area contributed by atoms with Crippen LogP contribution in [0.1, 0.15) is 93.9 Å². The maximum absolute atomic E-state index is 12.1. The van der Waals surface area contributed by atoms with Crippen LogP contribution in [0.4, 0.5) is 0 Å². The van der Waals surface area contributed by atoms with E-state index in [0.717, 1.165) is 25.7 Å². The normalized spacial score (nSPS) is 16.2. The molecule has 0 aromatic heterocycles. The summed E-state index contributed by atoms with van der Waals surface area (Å²) in [5.41, 5.74) is 0. The number of carbonyl (C=O) groups excluding carboxylic acids is 2. The van der Waals surface area contributed by atoms with Crippen molar-refractivity contribution in [1.29, 1.82) is 0 Å². The van der Waals surface area contributed by atoms with Crippen LogP contribution in [-0.2, 0) is 28.5 Å². The Balaban J connectivity index is 5.17. The highest BCUT2D eigenvalue weighted by atomic mass is 32.2. The first-order valence-corrected chi connectivity index (χ1v) is 16.2. The van der Waals surface area contributed by atoms with Crippen LogP contribution in [0.2, 0.25) is 0 Å². The van der Waals surface area contributed by atoms with E-state index in [2.05, 4.69) is 27.7 Å². The summed E-state index contributed by atoms with van der Waals surface area (Å²) in [6.45, 7) is 16.2. The summed E-state index contributed by atoms with van der Waals surface area (Å²) in [5.74, 6) is -0.137. The van der Waals surface area contributed by atoms with E-state index in [1.54, 1.807) is 0 Å². The number of hydrogen-bond acceptors (Lipinski definition) is 10. The van der Waals surface area contributed by atoms with Gasteiger partial charge in [0, 0.05) is 10.5 Å². The van der Waals surface area contributed by atoms with Crippen molar-refractivity contribution >= 4 is 68.7 Å². The second-order valence-corrected chi connectivity index (χ2v) is 14.5. The first-order valence-electron chi connectivity index (χ1n) is 13.6. The van der Waals surface area contributed by atoms with Crippen molar-refractivity contribution in [1.82, 2.24) is 0 Å². The van der Waals surface area contributed by atoms with Gasteiger partial charge in [-0.3, -0.25) is 9.59 Å². The fourth-order valence-electron chi connectivity index (χ4n) is 3.48. The van der Waals surface area contributed by atoms with Gasteiger partial charge in [-0.1, -0.05) is 77.9 Å². The maximum atomic E-state index is 12.1. The number of esters is 2. The molecule has 6 nitrogen and oxygen atoms in total. The SMILES string of the molecule is COC(=O)C(C)CC(CCCCC(CC(C)C(=O)OC)SC(=S)OC(C)C(C)C)SC(=S)OC(C)C(C)C. The van der Waals surface area contributed by atoms with Crippen LogP contribution in [0.25, 0.3) is 0 Å². The lowest BCUT2D eigenvalue weighted by Crippen LogP contribution is -2.23. The van der Waals surface area contributed by atoms with E-state index in [-0.39, 0.29) is 46.5 Å². The van der Waals surface area contributed by atoms with Gasteiger partial charge in [-0.05, 0) is 75.8 Å². The molecule has 0 spiro atoms. The molecule has 6 atom stereocenters. The summed E-state index contributed by atoms with van der Waals surface area (Å²) in [6.07, 6.45) is 5.09. The smallest absolute Gasteiger partial charge is 0.308 e. The van der Waals surface area contributed by atoms with E-state index >= 15 is 0 Å². The van der Waals surface area contributed by atoms with Crippen LogP contribution in [0.3, 0.4) is 0 Å². The quantitative estimate of drug-likeness (QED) is 0.0924. The monoisotopic (exact) mass is 610 g/mol. The van der Waals surface area contributed by atoms with Crippen molar-refractivity contribution in [3.63, 3.8) is 0 Å². The highest BCUT2D eigenvalue weighted by molar-refractivity contribution is 8.23. The summed E-state index contributed by atoms with van der Waals surface area (Å²) >= 11 is 14.1. The molecule has 0 aliphatic carbocycles. The van der Waals surface area contributed by atoms with Crippen molar-refractivity contribution in [2.75, 3.05) is 14.2 Å². The van der Waals surface area contributed by atoms with Crippen molar-refractivity contribution in [2.24, 2.45) is 23.7 Å². The lowest BCUT2D eigenvalue weighted by molar-refractivity contribution is -0.145. The minimum absolute atomic E-state index is 0.0349. The van der Waals surface area contributed by atoms with Crippen LogP contribution in [0, 0.1) is 23.7 Å². The van der Waals surface area contributed by atoms with Crippen molar-refractivity contribution < 1.29 is 28.5 Å². The molecule has 0 bridgehead atoms. The lowest BCUT2D eigenvalue weighted by atomic mass is 9.99. The zero-order valence-corrected chi connectivity index (χ0v) is 28.2.